The molecule has 7 heteroatoms. The number of amides is 1. The van der Waals surface area contributed by atoms with Gasteiger partial charge in [-0.15, -0.1) is 11.3 Å². The fourth-order valence-corrected chi connectivity index (χ4v) is 5.63. The van der Waals surface area contributed by atoms with Gasteiger partial charge in [-0.3, -0.25) is 10.1 Å². The van der Waals surface area contributed by atoms with Crippen molar-refractivity contribution in [3.05, 3.63) is 86.7 Å². The van der Waals surface area contributed by atoms with E-state index >= 15 is 0 Å². The zero-order valence-corrected chi connectivity index (χ0v) is 18.6. The second-order valence-corrected chi connectivity index (χ2v) is 9.27. The monoisotopic (exact) mass is 468 g/mol. The van der Waals surface area contributed by atoms with Crippen LogP contribution in [-0.4, -0.2) is 11.0 Å². The third-order valence-electron chi connectivity index (χ3n) is 5.08. The Kier molecular flexibility index (Phi) is 4.99. The van der Waals surface area contributed by atoms with Gasteiger partial charge < -0.3 is 5.32 Å². The predicted molar refractivity (Wildman–Crippen MR) is 130 cm³/mol. The Morgan fingerprint density at radius 2 is 1.77 bits per heavy atom. The summed E-state index contributed by atoms with van der Waals surface area (Å²) in [7, 11) is 0. The highest BCUT2D eigenvalue weighted by molar-refractivity contribution is 7.80. The number of carbonyl (C=O) groups excluding carboxylic acids is 1. The van der Waals surface area contributed by atoms with E-state index in [-0.39, 0.29) is 11.0 Å². The van der Waals surface area contributed by atoms with Crippen molar-refractivity contribution in [2.75, 3.05) is 5.32 Å². The number of carbonyl (C=O) groups is 1. The van der Waals surface area contributed by atoms with Gasteiger partial charge >= 0.3 is 0 Å². The summed E-state index contributed by atoms with van der Waals surface area (Å²) in [4.78, 5) is 13.1. The first-order valence-electron chi connectivity index (χ1n) is 9.20. The topological polar surface area (TPSA) is 41.1 Å². The number of halogens is 2. The maximum Gasteiger partial charge on any atom is 0.269 e. The molecule has 0 aliphatic heterocycles. The van der Waals surface area contributed by atoms with E-state index in [0.29, 0.717) is 14.9 Å². The molecule has 0 unspecified atom stereocenters. The Hall–Kier alpha value is -2.44. The summed E-state index contributed by atoms with van der Waals surface area (Å²) in [5, 5.41) is 7.85. The summed E-state index contributed by atoms with van der Waals surface area (Å²) in [6, 6.07) is 19.9. The molecule has 4 aromatic rings. The number of benzene rings is 3. The largest absolute Gasteiger partial charge is 0.332 e. The molecule has 0 radical (unpaired) electrons. The van der Waals surface area contributed by atoms with Gasteiger partial charge in [0.2, 0.25) is 0 Å². The first kappa shape index (κ1) is 19.5. The second-order valence-electron chi connectivity index (χ2n) is 7.00. The summed E-state index contributed by atoms with van der Waals surface area (Å²) in [5.74, 6) is -0.344. The van der Waals surface area contributed by atoms with E-state index in [4.69, 9.17) is 35.4 Å². The molecule has 1 aliphatic rings. The van der Waals surface area contributed by atoms with Crippen LogP contribution in [0.15, 0.2) is 60.7 Å². The van der Waals surface area contributed by atoms with Crippen LogP contribution in [0, 0.1) is 0 Å². The number of hydrogen-bond acceptors (Lipinski definition) is 3. The third-order valence-corrected chi connectivity index (χ3v) is 7.17. The van der Waals surface area contributed by atoms with Crippen LogP contribution >= 0.6 is 46.8 Å². The number of hydrogen-bond donors (Lipinski definition) is 2. The lowest BCUT2D eigenvalue weighted by Crippen LogP contribution is -2.33. The van der Waals surface area contributed by atoms with Crippen molar-refractivity contribution in [2.45, 2.75) is 6.42 Å². The van der Waals surface area contributed by atoms with Crippen LogP contribution in [-0.2, 0) is 6.42 Å². The summed E-state index contributed by atoms with van der Waals surface area (Å²) in [6.07, 6.45) is 0.889. The van der Waals surface area contributed by atoms with Crippen molar-refractivity contribution in [1.82, 2.24) is 5.32 Å². The van der Waals surface area contributed by atoms with Crippen molar-refractivity contribution in [3.8, 4) is 11.1 Å². The van der Waals surface area contributed by atoms with Crippen molar-refractivity contribution < 1.29 is 4.79 Å². The molecule has 3 aromatic carbocycles. The quantitative estimate of drug-likeness (QED) is 0.276. The van der Waals surface area contributed by atoms with Crippen LogP contribution in [0.25, 0.3) is 21.2 Å². The van der Waals surface area contributed by atoms with Crippen molar-refractivity contribution >= 4 is 73.5 Å². The maximum absolute atomic E-state index is 12.7. The molecule has 0 spiro atoms. The molecular formula is C23H14Cl2N2OS2. The van der Waals surface area contributed by atoms with E-state index in [1.54, 1.807) is 12.1 Å². The Morgan fingerprint density at radius 3 is 2.63 bits per heavy atom. The van der Waals surface area contributed by atoms with Crippen LogP contribution in [0.2, 0.25) is 10.0 Å². The zero-order valence-electron chi connectivity index (χ0n) is 15.5. The number of anilines is 1. The van der Waals surface area contributed by atoms with Gasteiger partial charge in [-0.2, -0.15) is 0 Å². The third kappa shape index (κ3) is 3.48. The minimum absolute atomic E-state index is 0.224. The fourth-order valence-electron chi connectivity index (χ4n) is 3.73. The Morgan fingerprint density at radius 1 is 0.967 bits per heavy atom. The minimum Gasteiger partial charge on any atom is -0.332 e. The van der Waals surface area contributed by atoms with Gasteiger partial charge in [0.05, 0.1) is 5.02 Å². The number of rotatable bonds is 2. The van der Waals surface area contributed by atoms with Gasteiger partial charge in [0.1, 0.15) is 4.88 Å². The van der Waals surface area contributed by atoms with E-state index in [1.807, 2.05) is 12.1 Å². The average molecular weight is 469 g/mol. The molecule has 3 nitrogen and oxygen atoms in total. The molecule has 1 aromatic heterocycles. The summed E-state index contributed by atoms with van der Waals surface area (Å²) >= 11 is 19.1. The first-order chi connectivity index (χ1) is 14.5. The lowest BCUT2D eigenvalue weighted by Gasteiger charge is -2.10. The molecule has 0 saturated heterocycles. The van der Waals surface area contributed by atoms with E-state index in [2.05, 4.69) is 47.0 Å². The molecule has 0 bridgehead atoms. The number of fused-ring (bicyclic) bond motifs is 4. The van der Waals surface area contributed by atoms with Gasteiger partial charge in [-0.05, 0) is 65.2 Å². The number of nitrogens with one attached hydrogen (secondary N) is 2. The van der Waals surface area contributed by atoms with Crippen molar-refractivity contribution in [3.63, 3.8) is 0 Å². The summed E-state index contributed by atoms with van der Waals surface area (Å²) in [6.45, 7) is 0. The van der Waals surface area contributed by atoms with Crippen LogP contribution in [0.5, 0.6) is 0 Å². The smallest absolute Gasteiger partial charge is 0.269 e. The lowest BCUT2D eigenvalue weighted by molar-refractivity contribution is 0.0982. The average Bonchev–Trinajstić information content (AvgIpc) is 3.24. The van der Waals surface area contributed by atoms with Crippen LogP contribution < -0.4 is 10.6 Å². The minimum atomic E-state index is -0.344. The van der Waals surface area contributed by atoms with E-state index < -0.39 is 0 Å². The SMILES string of the molecule is O=C(NC(=S)Nc1ccc2c(c1)Cc1ccccc1-2)c1sc2cc(Cl)ccc2c1Cl. The molecule has 5 rings (SSSR count). The maximum atomic E-state index is 12.7. The standard InChI is InChI=1S/C23H14Cl2N2OS2/c24-14-5-7-18-19(11-14)30-21(20(18)25)22(28)27-23(29)26-15-6-8-17-13(10-15)9-12-3-1-2-4-16(12)17/h1-8,10-11H,9H2,(H2,26,27,28,29). The van der Waals surface area contributed by atoms with Crippen LogP contribution in [0.1, 0.15) is 20.8 Å². The highest BCUT2D eigenvalue weighted by atomic mass is 35.5. The molecule has 0 saturated carbocycles. The highest BCUT2D eigenvalue weighted by Gasteiger charge is 2.20. The van der Waals surface area contributed by atoms with Gasteiger partial charge in [0.15, 0.2) is 5.11 Å². The molecule has 1 aliphatic carbocycles. The summed E-state index contributed by atoms with van der Waals surface area (Å²) in [5.41, 5.74) is 5.90. The highest BCUT2D eigenvalue weighted by Crippen LogP contribution is 2.38. The van der Waals surface area contributed by atoms with Gasteiger partial charge in [0, 0.05) is 20.8 Å². The molecule has 148 valence electrons. The van der Waals surface area contributed by atoms with Gasteiger partial charge in [-0.1, -0.05) is 59.6 Å². The normalized spacial score (nSPS) is 11.8. The number of thiocarbonyl (C=S) groups is 1. The van der Waals surface area contributed by atoms with Crippen LogP contribution in [0.3, 0.4) is 0 Å². The molecule has 1 amide bonds. The van der Waals surface area contributed by atoms with Gasteiger partial charge in [0.25, 0.3) is 5.91 Å². The predicted octanol–water partition coefficient (Wildman–Crippen LogP) is 6.91. The molecule has 30 heavy (non-hydrogen) atoms. The summed E-state index contributed by atoms with van der Waals surface area (Å²) < 4.78 is 0.856. The molecule has 0 fully saturated rings. The molecular weight excluding hydrogens is 455 g/mol. The first-order valence-corrected chi connectivity index (χ1v) is 11.2. The molecule has 0 atom stereocenters. The Labute approximate surface area is 192 Å². The van der Waals surface area contributed by atoms with E-state index in [9.17, 15) is 4.79 Å². The number of thiophene rings is 1. The van der Waals surface area contributed by atoms with Crippen LogP contribution in [0.4, 0.5) is 5.69 Å². The fraction of sp³-hybridized carbons (Fsp3) is 0.0435. The lowest BCUT2D eigenvalue weighted by atomic mass is 10.1. The van der Waals surface area contributed by atoms with Gasteiger partial charge in [-0.25, -0.2) is 0 Å². The van der Waals surface area contributed by atoms with Crippen molar-refractivity contribution in [1.29, 1.82) is 0 Å². The van der Waals surface area contributed by atoms with E-state index in [0.717, 1.165) is 22.2 Å². The second kappa shape index (κ2) is 7.67. The molecule has 2 N–H and O–H groups in total. The Balaban J connectivity index is 1.32. The zero-order chi connectivity index (χ0) is 20.8. The molecule has 1 heterocycles. The Bertz CT molecular complexity index is 1350. The van der Waals surface area contributed by atoms with E-state index in [1.165, 1.54) is 33.6 Å². The van der Waals surface area contributed by atoms with Crippen molar-refractivity contribution in [2.24, 2.45) is 0 Å².